The number of ether oxygens (including phenoxy) is 1. The van der Waals surface area contributed by atoms with E-state index in [1.54, 1.807) is 6.08 Å². The van der Waals surface area contributed by atoms with Crippen molar-refractivity contribution in [3.63, 3.8) is 0 Å². The molecule has 2 unspecified atom stereocenters. The predicted octanol–water partition coefficient (Wildman–Crippen LogP) is 23.9. The van der Waals surface area contributed by atoms with Crippen LogP contribution in [0.3, 0.4) is 0 Å². The smallest absolute Gasteiger partial charge is 0.305 e. The molecule has 0 aliphatic heterocycles. The van der Waals surface area contributed by atoms with Gasteiger partial charge in [-0.3, -0.25) is 9.59 Å². The molecule has 0 saturated carbocycles. The van der Waals surface area contributed by atoms with Gasteiger partial charge in [-0.25, -0.2) is 0 Å². The van der Waals surface area contributed by atoms with Crippen molar-refractivity contribution in [2.24, 2.45) is 0 Å². The number of allylic oxidation sites excluding steroid dienone is 5. The van der Waals surface area contributed by atoms with Gasteiger partial charge in [0.1, 0.15) is 0 Å². The van der Waals surface area contributed by atoms with E-state index in [4.69, 9.17) is 4.74 Å². The first-order chi connectivity index (χ1) is 40.0. The van der Waals surface area contributed by atoms with Crippen LogP contribution in [0.25, 0.3) is 0 Å². The lowest BCUT2D eigenvalue weighted by Crippen LogP contribution is -2.45. The monoisotopic (exact) mass is 1140 g/mol. The fourth-order valence-electron chi connectivity index (χ4n) is 11.5. The Bertz CT molecular complexity index is 1310. The highest BCUT2D eigenvalue weighted by molar-refractivity contribution is 5.76. The molecule has 478 valence electrons. The Balaban J connectivity index is 3.43. The Morgan fingerprint density at radius 2 is 0.580 bits per heavy atom. The number of amides is 1. The van der Waals surface area contributed by atoms with Crippen molar-refractivity contribution in [1.29, 1.82) is 0 Å². The van der Waals surface area contributed by atoms with E-state index in [9.17, 15) is 19.8 Å². The van der Waals surface area contributed by atoms with Crippen LogP contribution in [0.15, 0.2) is 36.5 Å². The maximum Gasteiger partial charge on any atom is 0.305 e. The number of nitrogens with one attached hydrogen (secondary N) is 1. The minimum Gasteiger partial charge on any atom is -0.466 e. The van der Waals surface area contributed by atoms with Gasteiger partial charge in [0.15, 0.2) is 0 Å². The van der Waals surface area contributed by atoms with E-state index in [1.165, 1.54) is 327 Å². The molecule has 3 N–H and O–H groups in total. The SMILES string of the molecule is CCCCCCCC/C=C\CCCCCCCCCCCC(=O)OCCCCCCCCCCCCC/C=C\CCCCCCCCCC(=O)NC(CO)C(O)/C=C/CCCCCCCCCCCCCCCCCCCCCCC. The Labute approximate surface area is 506 Å². The van der Waals surface area contributed by atoms with Gasteiger partial charge in [-0.15, -0.1) is 0 Å². The van der Waals surface area contributed by atoms with Crippen molar-refractivity contribution in [3.8, 4) is 0 Å². The largest absolute Gasteiger partial charge is 0.466 e. The zero-order valence-corrected chi connectivity index (χ0v) is 54.8. The summed E-state index contributed by atoms with van der Waals surface area (Å²) in [7, 11) is 0. The molecular weight excluding hydrogens is 995 g/mol. The number of carbonyl (C=O) groups excluding carboxylic acids is 2. The molecule has 2 atom stereocenters. The third kappa shape index (κ3) is 67.1. The van der Waals surface area contributed by atoms with Crippen molar-refractivity contribution in [2.75, 3.05) is 13.2 Å². The first-order valence-electron chi connectivity index (χ1n) is 36.8. The molecule has 0 fully saturated rings. The topological polar surface area (TPSA) is 95.9 Å². The summed E-state index contributed by atoms with van der Waals surface area (Å²) in [6.45, 7) is 4.93. The average molecular weight is 1140 g/mol. The van der Waals surface area contributed by atoms with Gasteiger partial charge < -0.3 is 20.3 Å². The number of aliphatic hydroxyl groups is 2. The van der Waals surface area contributed by atoms with E-state index in [0.29, 0.717) is 19.4 Å². The van der Waals surface area contributed by atoms with E-state index in [-0.39, 0.29) is 18.5 Å². The predicted molar refractivity (Wildman–Crippen MR) is 356 cm³/mol. The quantitative estimate of drug-likeness (QED) is 0.0320. The standard InChI is InChI=1S/C75H143NO5/c1-3-5-7-9-11-13-15-17-19-21-23-24-25-28-32-35-39-43-47-51-55-59-63-67-73(78)72(71-77)76-74(79)68-64-60-56-52-48-44-40-36-33-29-26-27-30-34-38-42-46-50-54-58-62-66-70-81-75(80)69-65-61-57-53-49-45-41-37-31-22-20-18-16-14-12-10-8-6-4-2/h18,20,29,33,63,67,72-73,77-78H,3-17,19,21-28,30-32,34-62,64-66,68-71H2,1-2H3,(H,76,79)/b20-18-,33-29-,67-63+. The second-order valence-electron chi connectivity index (χ2n) is 25.3. The molecule has 0 rings (SSSR count). The highest BCUT2D eigenvalue weighted by Crippen LogP contribution is 2.19. The number of rotatable bonds is 69. The minimum atomic E-state index is -0.851. The first kappa shape index (κ1) is 79.1. The van der Waals surface area contributed by atoms with Crippen LogP contribution in [0.1, 0.15) is 406 Å². The molecule has 1 amide bonds. The fourth-order valence-corrected chi connectivity index (χ4v) is 11.5. The van der Waals surface area contributed by atoms with E-state index in [2.05, 4.69) is 43.5 Å². The number of unbranched alkanes of at least 4 members (excludes halogenated alkanes) is 54. The average Bonchev–Trinajstić information content (AvgIpc) is 3.47. The Kier molecular flexibility index (Phi) is 68.9. The second kappa shape index (κ2) is 70.6. The zero-order valence-electron chi connectivity index (χ0n) is 54.8. The number of hydrogen-bond acceptors (Lipinski definition) is 5. The summed E-state index contributed by atoms with van der Waals surface area (Å²) < 4.78 is 5.51. The molecular formula is C75H143NO5. The van der Waals surface area contributed by atoms with Gasteiger partial charge in [-0.1, -0.05) is 346 Å². The summed E-state index contributed by atoms with van der Waals surface area (Å²) in [5, 5.41) is 23.3. The summed E-state index contributed by atoms with van der Waals surface area (Å²) in [4.78, 5) is 24.7. The maximum atomic E-state index is 12.5. The minimum absolute atomic E-state index is 0.00975. The van der Waals surface area contributed by atoms with Crippen LogP contribution in [0.4, 0.5) is 0 Å². The van der Waals surface area contributed by atoms with E-state index >= 15 is 0 Å². The number of carbonyl (C=O) groups is 2. The summed E-state index contributed by atoms with van der Waals surface area (Å²) in [5.41, 5.74) is 0. The first-order valence-corrected chi connectivity index (χ1v) is 36.8. The van der Waals surface area contributed by atoms with Crippen LogP contribution in [0.2, 0.25) is 0 Å². The molecule has 0 aliphatic rings. The van der Waals surface area contributed by atoms with E-state index in [1.807, 2.05) is 6.08 Å². The molecule has 6 heteroatoms. The van der Waals surface area contributed by atoms with Crippen LogP contribution in [-0.2, 0) is 14.3 Å². The molecule has 0 aliphatic carbocycles. The third-order valence-corrected chi connectivity index (χ3v) is 17.1. The van der Waals surface area contributed by atoms with Gasteiger partial charge in [0.05, 0.1) is 25.4 Å². The number of esters is 1. The molecule has 0 saturated heterocycles. The lowest BCUT2D eigenvalue weighted by molar-refractivity contribution is -0.143. The molecule has 0 aromatic heterocycles. The second-order valence-corrected chi connectivity index (χ2v) is 25.3. The van der Waals surface area contributed by atoms with Crippen LogP contribution in [0.5, 0.6) is 0 Å². The van der Waals surface area contributed by atoms with Gasteiger partial charge in [0.2, 0.25) is 5.91 Å². The molecule has 6 nitrogen and oxygen atoms in total. The van der Waals surface area contributed by atoms with Gasteiger partial charge in [0.25, 0.3) is 0 Å². The van der Waals surface area contributed by atoms with Crippen molar-refractivity contribution in [2.45, 2.75) is 418 Å². The lowest BCUT2D eigenvalue weighted by atomic mass is 10.0. The van der Waals surface area contributed by atoms with Gasteiger partial charge in [0, 0.05) is 12.8 Å². The summed E-state index contributed by atoms with van der Waals surface area (Å²) >= 11 is 0. The third-order valence-electron chi connectivity index (χ3n) is 17.1. The van der Waals surface area contributed by atoms with Crippen LogP contribution < -0.4 is 5.32 Å². The van der Waals surface area contributed by atoms with E-state index < -0.39 is 12.1 Å². The molecule has 0 aromatic carbocycles. The van der Waals surface area contributed by atoms with Crippen LogP contribution in [-0.4, -0.2) is 47.4 Å². The molecule has 0 heterocycles. The number of aliphatic hydroxyl groups excluding tert-OH is 2. The normalized spacial score (nSPS) is 12.7. The molecule has 0 aromatic rings. The molecule has 0 bridgehead atoms. The fraction of sp³-hybridized carbons (Fsp3) is 0.893. The Morgan fingerprint density at radius 3 is 0.877 bits per heavy atom. The molecule has 0 spiro atoms. The van der Waals surface area contributed by atoms with Crippen LogP contribution >= 0.6 is 0 Å². The van der Waals surface area contributed by atoms with Crippen molar-refractivity contribution in [1.82, 2.24) is 5.32 Å². The highest BCUT2D eigenvalue weighted by atomic mass is 16.5. The van der Waals surface area contributed by atoms with Crippen LogP contribution in [0, 0.1) is 0 Å². The Hall–Kier alpha value is -1.92. The summed E-state index contributed by atoms with van der Waals surface area (Å²) in [6, 6.07) is -0.635. The Morgan fingerprint density at radius 1 is 0.333 bits per heavy atom. The van der Waals surface area contributed by atoms with Gasteiger partial charge >= 0.3 is 5.97 Å². The zero-order chi connectivity index (χ0) is 58.5. The maximum absolute atomic E-state index is 12.5. The lowest BCUT2D eigenvalue weighted by Gasteiger charge is -2.20. The van der Waals surface area contributed by atoms with Crippen molar-refractivity contribution in [3.05, 3.63) is 36.5 Å². The summed E-state index contributed by atoms with van der Waals surface area (Å²) in [6.07, 6.45) is 90.8. The summed E-state index contributed by atoms with van der Waals surface area (Å²) in [5.74, 6) is -0.0613. The van der Waals surface area contributed by atoms with Crippen molar-refractivity contribution >= 4 is 11.9 Å². The van der Waals surface area contributed by atoms with Crippen molar-refractivity contribution < 1.29 is 24.5 Å². The van der Waals surface area contributed by atoms with E-state index in [0.717, 1.165) is 51.4 Å². The molecule has 0 radical (unpaired) electrons. The van der Waals surface area contributed by atoms with Gasteiger partial charge in [-0.2, -0.15) is 0 Å². The molecule has 81 heavy (non-hydrogen) atoms. The highest BCUT2D eigenvalue weighted by Gasteiger charge is 2.18. The van der Waals surface area contributed by atoms with Gasteiger partial charge in [-0.05, 0) is 83.5 Å². The number of hydrogen-bond donors (Lipinski definition) is 3.